The van der Waals surface area contributed by atoms with Crippen molar-refractivity contribution in [1.82, 2.24) is 4.90 Å². The number of nitrogens with zero attached hydrogens (tertiary/aromatic N) is 2. The molecule has 0 unspecified atom stereocenters. The monoisotopic (exact) mass is 206 g/mol. The third-order valence-electron chi connectivity index (χ3n) is 2.12. The van der Waals surface area contributed by atoms with Crippen molar-refractivity contribution in [3.63, 3.8) is 0 Å². The number of likely N-dealkylation sites (tertiary alicyclic amines) is 1. The van der Waals surface area contributed by atoms with Crippen molar-refractivity contribution < 1.29 is 15.1 Å². The van der Waals surface area contributed by atoms with Crippen LogP contribution in [0.4, 0.5) is 4.79 Å². The maximum absolute atomic E-state index is 10.7. The molecule has 2 N–H and O–H groups in total. The van der Waals surface area contributed by atoms with E-state index in [9.17, 15) is 4.79 Å². The highest BCUT2D eigenvalue weighted by Crippen LogP contribution is 2.19. The molecule has 13 heavy (non-hydrogen) atoms. The number of halogens is 1. The van der Waals surface area contributed by atoms with E-state index in [-0.39, 0.29) is 5.17 Å². The molecule has 0 saturated carbocycles. The van der Waals surface area contributed by atoms with Gasteiger partial charge in [-0.3, -0.25) is 4.90 Å². The van der Waals surface area contributed by atoms with Crippen molar-refractivity contribution in [2.75, 3.05) is 6.54 Å². The number of carboxylic acid groups (broad SMARTS) is 1. The van der Waals surface area contributed by atoms with Crippen LogP contribution in [0.1, 0.15) is 19.3 Å². The van der Waals surface area contributed by atoms with Gasteiger partial charge >= 0.3 is 6.09 Å². The summed E-state index contributed by atoms with van der Waals surface area (Å²) < 4.78 is 0. The zero-order valence-electron chi connectivity index (χ0n) is 6.98. The van der Waals surface area contributed by atoms with Crippen LogP contribution in [0.15, 0.2) is 5.16 Å². The maximum atomic E-state index is 10.7. The second-order valence-corrected chi connectivity index (χ2v) is 3.30. The van der Waals surface area contributed by atoms with Gasteiger partial charge in [0.1, 0.15) is 0 Å². The molecule has 1 atom stereocenters. The molecule has 1 fully saturated rings. The molecule has 0 bridgehead atoms. The van der Waals surface area contributed by atoms with Crippen LogP contribution in [0.3, 0.4) is 0 Å². The van der Waals surface area contributed by atoms with E-state index in [1.165, 1.54) is 4.90 Å². The molecule has 1 heterocycles. The van der Waals surface area contributed by atoms with Crippen molar-refractivity contribution in [1.29, 1.82) is 0 Å². The Bertz CT molecular complexity index is 232. The van der Waals surface area contributed by atoms with Crippen LogP contribution in [-0.2, 0) is 0 Å². The summed E-state index contributed by atoms with van der Waals surface area (Å²) >= 11 is 5.58. The maximum Gasteiger partial charge on any atom is 0.407 e. The van der Waals surface area contributed by atoms with Crippen LogP contribution in [0.5, 0.6) is 0 Å². The van der Waals surface area contributed by atoms with Gasteiger partial charge in [-0.25, -0.2) is 4.79 Å². The smallest absolute Gasteiger partial charge is 0.407 e. The van der Waals surface area contributed by atoms with Crippen LogP contribution >= 0.6 is 11.6 Å². The summed E-state index contributed by atoms with van der Waals surface area (Å²) in [4.78, 5) is 11.9. The first-order valence-electron chi connectivity index (χ1n) is 4.04. The van der Waals surface area contributed by atoms with Crippen LogP contribution < -0.4 is 0 Å². The molecule has 6 heteroatoms. The fraction of sp³-hybridized carbons (Fsp3) is 0.714. The Morgan fingerprint density at radius 1 is 1.54 bits per heavy atom. The van der Waals surface area contributed by atoms with Gasteiger partial charge in [-0.1, -0.05) is 16.8 Å². The van der Waals surface area contributed by atoms with E-state index in [2.05, 4.69) is 5.16 Å². The van der Waals surface area contributed by atoms with Gasteiger partial charge in [0.25, 0.3) is 0 Å². The van der Waals surface area contributed by atoms with E-state index in [4.69, 9.17) is 21.9 Å². The molecular formula is C7H11ClN2O3. The lowest BCUT2D eigenvalue weighted by molar-refractivity contribution is 0.124. The number of hydrogen-bond donors (Lipinski definition) is 2. The molecule has 0 aromatic rings. The van der Waals surface area contributed by atoms with Crippen molar-refractivity contribution >= 4 is 22.9 Å². The molecule has 0 spiro atoms. The lowest BCUT2D eigenvalue weighted by Crippen LogP contribution is -2.46. The molecule has 0 aromatic carbocycles. The summed E-state index contributed by atoms with van der Waals surface area (Å²) in [5.41, 5.74) is 0. The first-order chi connectivity index (χ1) is 6.16. The number of rotatable bonds is 1. The second kappa shape index (κ2) is 4.32. The zero-order valence-corrected chi connectivity index (χ0v) is 7.74. The van der Waals surface area contributed by atoms with Crippen LogP contribution in [-0.4, -0.2) is 39.1 Å². The minimum atomic E-state index is -1.02. The first kappa shape index (κ1) is 10.1. The topological polar surface area (TPSA) is 73.1 Å². The van der Waals surface area contributed by atoms with Gasteiger partial charge in [-0.05, 0) is 19.3 Å². The molecule has 0 aromatic heterocycles. The fourth-order valence-electron chi connectivity index (χ4n) is 1.47. The van der Waals surface area contributed by atoms with Crippen LogP contribution in [0.25, 0.3) is 0 Å². The quantitative estimate of drug-likeness (QED) is 0.388. The normalized spacial score (nSPS) is 24.5. The highest BCUT2D eigenvalue weighted by Gasteiger charge is 2.29. The average Bonchev–Trinajstić information content (AvgIpc) is 2.16. The van der Waals surface area contributed by atoms with Gasteiger partial charge in [0.15, 0.2) is 5.17 Å². The summed E-state index contributed by atoms with van der Waals surface area (Å²) in [5.74, 6) is 0. The highest BCUT2D eigenvalue weighted by atomic mass is 35.5. The van der Waals surface area contributed by atoms with E-state index in [0.29, 0.717) is 13.0 Å². The number of carbonyl (C=O) groups is 1. The molecule has 0 radical (unpaired) electrons. The molecule has 1 aliphatic heterocycles. The van der Waals surface area contributed by atoms with E-state index >= 15 is 0 Å². The van der Waals surface area contributed by atoms with Crippen LogP contribution in [0, 0.1) is 0 Å². The number of piperidine rings is 1. The predicted octanol–water partition coefficient (Wildman–Crippen LogP) is 1.55. The first-order valence-corrected chi connectivity index (χ1v) is 4.41. The predicted molar refractivity (Wildman–Crippen MR) is 47.4 cm³/mol. The van der Waals surface area contributed by atoms with E-state index in [1.807, 2.05) is 0 Å². The van der Waals surface area contributed by atoms with Crippen molar-refractivity contribution in [3.8, 4) is 0 Å². The SMILES string of the molecule is O=C(O)N1CCCC[C@@H]1/C(Cl)=N\O. The summed E-state index contributed by atoms with van der Waals surface area (Å²) in [6, 6.07) is -0.474. The zero-order chi connectivity index (χ0) is 9.84. The van der Waals surface area contributed by atoms with Gasteiger partial charge in [0, 0.05) is 6.54 Å². The van der Waals surface area contributed by atoms with E-state index in [0.717, 1.165) is 12.8 Å². The molecule has 0 aliphatic carbocycles. The molecular weight excluding hydrogens is 196 g/mol. The summed E-state index contributed by atoms with van der Waals surface area (Å²) in [7, 11) is 0. The lowest BCUT2D eigenvalue weighted by Gasteiger charge is -2.31. The largest absolute Gasteiger partial charge is 0.465 e. The molecule has 1 rings (SSSR count). The van der Waals surface area contributed by atoms with Crippen molar-refractivity contribution in [2.24, 2.45) is 5.16 Å². The highest BCUT2D eigenvalue weighted by molar-refractivity contribution is 6.66. The van der Waals surface area contributed by atoms with Crippen molar-refractivity contribution in [3.05, 3.63) is 0 Å². The average molecular weight is 207 g/mol. The minimum absolute atomic E-state index is 0.0536. The molecule has 5 nitrogen and oxygen atoms in total. The van der Waals surface area contributed by atoms with Gasteiger partial charge in [0.05, 0.1) is 6.04 Å². The molecule has 1 saturated heterocycles. The molecule has 1 aliphatic rings. The third kappa shape index (κ3) is 2.24. The Hall–Kier alpha value is -0.970. The minimum Gasteiger partial charge on any atom is -0.465 e. The second-order valence-electron chi connectivity index (χ2n) is 2.91. The Labute approximate surface area is 80.6 Å². The summed E-state index contributed by atoms with van der Waals surface area (Å²) in [5, 5.41) is 20.0. The summed E-state index contributed by atoms with van der Waals surface area (Å²) in [6.07, 6.45) is 1.33. The fourth-order valence-corrected chi connectivity index (χ4v) is 1.70. The van der Waals surface area contributed by atoms with Gasteiger partial charge in [-0.2, -0.15) is 0 Å². The van der Waals surface area contributed by atoms with Crippen molar-refractivity contribution in [2.45, 2.75) is 25.3 Å². The molecule has 1 amide bonds. The standard InChI is InChI=1S/C7H11ClN2O3/c8-6(9-13)5-3-1-2-4-10(5)7(11)12/h5,13H,1-4H2,(H,11,12)/b9-6+/t5-/m1/s1. The summed E-state index contributed by atoms with van der Waals surface area (Å²) in [6.45, 7) is 0.450. The molecule has 74 valence electrons. The Morgan fingerprint density at radius 2 is 2.23 bits per heavy atom. The van der Waals surface area contributed by atoms with E-state index in [1.54, 1.807) is 0 Å². The lowest BCUT2D eigenvalue weighted by atomic mass is 10.0. The number of hydrogen-bond acceptors (Lipinski definition) is 3. The number of amides is 1. The van der Waals surface area contributed by atoms with Crippen LogP contribution in [0.2, 0.25) is 0 Å². The Kier molecular flexibility index (Phi) is 3.36. The van der Waals surface area contributed by atoms with Gasteiger partial charge in [-0.15, -0.1) is 0 Å². The van der Waals surface area contributed by atoms with Gasteiger partial charge < -0.3 is 10.3 Å². The van der Waals surface area contributed by atoms with E-state index < -0.39 is 12.1 Å². The Balaban J connectivity index is 2.73. The number of oxime groups is 1. The van der Waals surface area contributed by atoms with Gasteiger partial charge in [0.2, 0.25) is 0 Å². The third-order valence-corrected chi connectivity index (χ3v) is 2.45. The Morgan fingerprint density at radius 3 is 2.77 bits per heavy atom.